The molecule has 0 unspecified atom stereocenters. The lowest BCUT2D eigenvalue weighted by Crippen LogP contribution is -2.52. The highest BCUT2D eigenvalue weighted by molar-refractivity contribution is 5.83. The zero-order chi connectivity index (χ0) is 15.9. The summed E-state index contributed by atoms with van der Waals surface area (Å²) in [5.74, 6) is 0.137. The predicted molar refractivity (Wildman–Crippen MR) is 88.6 cm³/mol. The summed E-state index contributed by atoms with van der Waals surface area (Å²) in [7, 11) is 1.61. The lowest BCUT2D eigenvalue weighted by atomic mass is 9.86. The third-order valence-corrected chi connectivity index (χ3v) is 5.50. The molecule has 0 radical (unpaired) electrons. The van der Waals surface area contributed by atoms with Crippen LogP contribution in [-0.4, -0.2) is 46.6 Å². The quantitative estimate of drug-likeness (QED) is 0.948. The molecule has 4 rings (SSSR count). The van der Waals surface area contributed by atoms with Crippen LogP contribution in [0.2, 0.25) is 0 Å². The first kappa shape index (κ1) is 14.7. The number of amides is 1. The van der Waals surface area contributed by atoms with Gasteiger partial charge in [-0.15, -0.1) is 0 Å². The number of carbonyl (C=O) groups excluding carboxylic acids is 1. The minimum absolute atomic E-state index is 0.0669. The van der Waals surface area contributed by atoms with Crippen molar-refractivity contribution >= 4 is 16.8 Å². The summed E-state index contributed by atoms with van der Waals surface area (Å²) in [5.41, 5.74) is 2.48. The van der Waals surface area contributed by atoms with Gasteiger partial charge < -0.3 is 4.98 Å². The van der Waals surface area contributed by atoms with Crippen LogP contribution in [0.3, 0.4) is 0 Å². The van der Waals surface area contributed by atoms with E-state index in [0.717, 1.165) is 38.9 Å². The van der Waals surface area contributed by atoms with E-state index in [4.69, 9.17) is 4.84 Å². The van der Waals surface area contributed by atoms with Gasteiger partial charge in [-0.2, -0.15) is 0 Å². The number of H-pyrrole nitrogens is 1. The van der Waals surface area contributed by atoms with Crippen molar-refractivity contribution in [2.45, 2.75) is 37.8 Å². The smallest absolute Gasteiger partial charge is 0.246 e. The van der Waals surface area contributed by atoms with E-state index in [1.165, 1.54) is 16.5 Å². The number of aromatic amines is 1. The first-order valence-corrected chi connectivity index (χ1v) is 8.36. The molecule has 1 spiro atoms. The number of rotatable bonds is 3. The van der Waals surface area contributed by atoms with E-state index in [1.54, 1.807) is 12.2 Å². The molecule has 1 N–H and O–H groups in total. The SMILES string of the molecule is CON1C(=O)CCC12CCN(Cc1c[nH]c3ccccc13)CC2. The molecule has 1 amide bonds. The molecule has 23 heavy (non-hydrogen) atoms. The van der Waals surface area contributed by atoms with E-state index >= 15 is 0 Å². The number of carbonyl (C=O) groups is 1. The van der Waals surface area contributed by atoms with Gasteiger partial charge in [0.25, 0.3) is 0 Å². The summed E-state index contributed by atoms with van der Waals surface area (Å²) in [6.07, 6.45) is 5.66. The molecular weight excluding hydrogens is 290 g/mol. The predicted octanol–water partition coefficient (Wildman–Crippen LogP) is 2.69. The Hall–Kier alpha value is -1.85. The second-order valence-electron chi connectivity index (χ2n) is 6.73. The molecule has 122 valence electrons. The largest absolute Gasteiger partial charge is 0.361 e. The van der Waals surface area contributed by atoms with Crippen molar-refractivity contribution in [1.29, 1.82) is 0 Å². The maximum absolute atomic E-state index is 11.9. The lowest BCUT2D eigenvalue weighted by molar-refractivity contribution is -0.202. The topological polar surface area (TPSA) is 48.6 Å². The number of nitrogens with one attached hydrogen (secondary N) is 1. The second kappa shape index (κ2) is 5.65. The normalized spacial score (nSPS) is 21.6. The summed E-state index contributed by atoms with van der Waals surface area (Å²) in [6, 6.07) is 8.44. The van der Waals surface area contributed by atoms with Crippen LogP contribution >= 0.6 is 0 Å². The van der Waals surface area contributed by atoms with E-state index in [2.05, 4.69) is 40.3 Å². The molecule has 0 bridgehead atoms. The molecule has 2 saturated heterocycles. The maximum atomic E-state index is 11.9. The zero-order valence-corrected chi connectivity index (χ0v) is 13.5. The van der Waals surface area contributed by atoms with Crippen molar-refractivity contribution < 1.29 is 9.63 Å². The Morgan fingerprint density at radius 2 is 2.00 bits per heavy atom. The minimum atomic E-state index is -0.0669. The van der Waals surface area contributed by atoms with Crippen molar-refractivity contribution in [2.75, 3.05) is 20.2 Å². The fourth-order valence-corrected chi connectivity index (χ4v) is 4.19. The average Bonchev–Trinajstić information content (AvgIpc) is 3.12. The molecule has 2 aliphatic rings. The number of hydroxylamine groups is 2. The van der Waals surface area contributed by atoms with Gasteiger partial charge >= 0.3 is 0 Å². The van der Waals surface area contributed by atoms with Crippen LogP contribution in [-0.2, 0) is 16.2 Å². The van der Waals surface area contributed by atoms with Gasteiger partial charge in [0.2, 0.25) is 5.91 Å². The number of nitrogens with zero attached hydrogens (tertiary/aromatic N) is 2. The molecule has 2 aliphatic heterocycles. The summed E-state index contributed by atoms with van der Waals surface area (Å²) in [5, 5.41) is 2.96. The molecular formula is C18H23N3O2. The fourth-order valence-electron chi connectivity index (χ4n) is 4.19. The second-order valence-corrected chi connectivity index (χ2v) is 6.73. The van der Waals surface area contributed by atoms with Crippen molar-refractivity contribution in [1.82, 2.24) is 14.9 Å². The first-order chi connectivity index (χ1) is 11.2. The number of fused-ring (bicyclic) bond motifs is 1. The standard InChI is InChI=1S/C18H23N3O2/c1-23-21-17(22)6-7-18(21)8-10-20(11-9-18)13-14-12-19-16-5-3-2-4-15(14)16/h2-5,12,19H,6-11,13H2,1H3. The summed E-state index contributed by atoms with van der Waals surface area (Å²) in [4.78, 5) is 23.2. The zero-order valence-electron chi connectivity index (χ0n) is 13.5. The lowest BCUT2D eigenvalue weighted by Gasteiger charge is -2.43. The summed E-state index contributed by atoms with van der Waals surface area (Å²) >= 11 is 0. The third-order valence-electron chi connectivity index (χ3n) is 5.50. The number of benzene rings is 1. The molecule has 0 aliphatic carbocycles. The van der Waals surface area contributed by atoms with Crippen LogP contribution in [0.25, 0.3) is 10.9 Å². The van der Waals surface area contributed by atoms with E-state index in [0.29, 0.717) is 6.42 Å². The molecule has 0 saturated carbocycles. The van der Waals surface area contributed by atoms with E-state index < -0.39 is 0 Å². The molecule has 2 fully saturated rings. The Labute approximate surface area is 136 Å². The van der Waals surface area contributed by atoms with Crippen LogP contribution in [0.4, 0.5) is 0 Å². The van der Waals surface area contributed by atoms with Crippen LogP contribution in [0.15, 0.2) is 30.5 Å². The maximum Gasteiger partial charge on any atom is 0.246 e. The number of aromatic nitrogens is 1. The van der Waals surface area contributed by atoms with Crippen molar-refractivity contribution in [3.05, 3.63) is 36.0 Å². The Kier molecular flexibility index (Phi) is 3.62. The molecule has 2 aromatic rings. The Balaban J connectivity index is 1.45. The number of hydrogen-bond acceptors (Lipinski definition) is 3. The van der Waals surface area contributed by atoms with Gasteiger partial charge in [-0.05, 0) is 30.9 Å². The van der Waals surface area contributed by atoms with Gasteiger partial charge in [0.05, 0.1) is 12.6 Å². The summed E-state index contributed by atoms with van der Waals surface area (Å²) < 4.78 is 0. The number of likely N-dealkylation sites (tertiary alicyclic amines) is 1. The highest BCUT2D eigenvalue weighted by Gasteiger charge is 2.47. The molecule has 5 heteroatoms. The highest BCUT2D eigenvalue weighted by atomic mass is 16.7. The van der Waals surface area contributed by atoms with E-state index in [1.807, 2.05) is 0 Å². The van der Waals surface area contributed by atoms with Crippen molar-refractivity contribution in [3.63, 3.8) is 0 Å². The highest BCUT2D eigenvalue weighted by Crippen LogP contribution is 2.39. The van der Waals surface area contributed by atoms with E-state index in [9.17, 15) is 4.79 Å². The number of para-hydroxylation sites is 1. The van der Waals surface area contributed by atoms with Crippen LogP contribution < -0.4 is 0 Å². The van der Waals surface area contributed by atoms with Crippen LogP contribution in [0.5, 0.6) is 0 Å². The van der Waals surface area contributed by atoms with E-state index in [-0.39, 0.29) is 11.4 Å². The van der Waals surface area contributed by atoms with Crippen molar-refractivity contribution in [2.24, 2.45) is 0 Å². The van der Waals surface area contributed by atoms with Gasteiger partial charge in [0.15, 0.2) is 0 Å². The number of hydrogen-bond donors (Lipinski definition) is 1. The first-order valence-electron chi connectivity index (χ1n) is 8.36. The van der Waals surface area contributed by atoms with Gasteiger partial charge in [0.1, 0.15) is 0 Å². The van der Waals surface area contributed by atoms with Gasteiger partial charge in [-0.3, -0.25) is 14.5 Å². The van der Waals surface area contributed by atoms with Gasteiger partial charge in [-0.1, -0.05) is 18.2 Å². The Bertz CT molecular complexity index is 716. The van der Waals surface area contributed by atoms with Crippen molar-refractivity contribution in [3.8, 4) is 0 Å². The average molecular weight is 313 g/mol. The Morgan fingerprint density at radius 1 is 1.22 bits per heavy atom. The third kappa shape index (κ3) is 2.44. The van der Waals surface area contributed by atoms with Gasteiger partial charge in [0, 0.05) is 43.2 Å². The molecule has 1 aromatic heterocycles. The molecule has 0 atom stereocenters. The fraction of sp³-hybridized carbons (Fsp3) is 0.500. The molecule has 5 nitrogen and oxygen atoms in total. The van der Waals surface area contributed by atoms with Gasteiger partial charge in [-0.25, -0.2) is 5.06 Å². The summed E-state index contributed by atoms with van der Waals surface area (Å²) in [6.45, 7) is 2.97. The number of piperidine rings is 1. The van der Waals surface area contributed by atoms with Crippen LogP contribution in [0, 0.1) is 0 Å². The monoisotopic (exact) mass is 313 g/mol. The Morgan fingerprint density at radius 3 is 2.78 bits per heavy atom. The molecule has 3 heterocycles. The van der Waals surface area contributed by atoms with Crippen LogP contribution in [0.1, 0.15) is 31.2 Å². The molecule has 1 aromatic carbocycles. The minimum Gasteiger partial charge on any atom is -0.361 e.